The summed E-state index contributed by atoms with van der Waals surface area (Å²) in [6.45, 7) is 3.86. The maximum Gasteiger partial charge on any atom is 0.323 e. The molecule has 2 aromatic carbocycles. The molecule has 2 aromatic rings. The minimum atomic E-state index is -0.586. The van der Waals surface area contributed by atoms with Crippen LogP contribution in [-0.2, 0) is 0 Å². The number of hydrogen-bond donors (Lipinski definition) is 3. The number of para-hydroxylation sites is 1. The molecule has 0 aliphatic heterocycles. The molecular formula is C16H17N3O2. The van der Waals surface area contributed by atoms with E-state index in [0.29, 0.717) is 5.69 Å². The van der Waals surface area contributed by atoms with Crippen LogP contribution in [-0.4, -0.2) is 11.9 Å². The Morgan fingerprint density at radius 1 is 0.952 bits per heavy atom. The number of amides is 3. The number of anilines is 2. The van der Waals surface area contributed by atoms with Gasteiger partial charge in [-0.15, -0.1) is 0 Å². The molecule has 2 rings (SSSR count). The van der Waals surface area contributed by atoms with Crippen LogP contribution >= 0.6 is 0 Å². The summed E-state index contributed by atoms with van der Waals surface area (Å²) < 4.78 is 0. The number of carbonyl (C=O) groups excluding carboxylic acids is 2. The van der Waals surface area contributed by atoms with E-state index in [1.54, 1.807) is 24.3 Å². The number of hydrogen-bond acceptors (Lipinski definition) is 2. The van der Waals surface area contributed by atoms with Crippen LogP contribution in [0.1, 0.15) is 21.5 Å². The summed E-state index contributed by atoms with van der Waals surface area (Å²) in [5.74, 6) is -0.586. The average molecular weight is 283 g/mol. The fraction of sp³-hybridized carbons (Fsp3) is 0.125. The molecule has 0 aliphatic carbocycles. The molecule has 21 heavy (non-hydrogen) atoms. The Kier molecular flexibility index (Phi) is 4.23. The molecule has 0 fully saturated rings. The van der Waals surface area contributed by atoms with Crippen molar-refractivity contribution in [3.8, 4) is 0 Å². The van der Waals surface area contributed by atoms with Crippen molar-refractivity contribution < 1.29 is 9.59 Å². The number of nitrogens with two attached hydrogens (primary N) is 1. The topological polar surface area (TPSA) is 84.2 Å². The molecule has 0 radical (unpaired) electrons. The van der Waals surface area contributed by atoms with E-state index in [0.717, 1.165) is 16.8 Å². The molecule has 0 aliphatic rings. The van der Waals surface area contributed by atoms with Crippen LogP contribution in [0.25, 0.3) is 0 Å². The van der Waals surface area contributed by atoms with Gasteiger partial charge in [0.25, 0.3) is 5.91 Å². The fourth-order valence-electron chi connectivity index (χ4n) is 1.95. The lowest BCUT2D eigenvalue weighted by Crippen LogP contribution is -2.22. The molecule has 0 unspecified atom stereocenters. The SMILES string of the molecule is Cc1ccc(C)c(NC(=O)Nc2ccccc2C(N)=O)c1. The molecule has 5 nitrogen and oxygen atoms in total. The zero-order chi connectivity index (χ0) is 15.4. The number of benzene rings is 2. The van der Waals surface area contributed by atoms with Gasteiger partial charge < -0.3 is 16.4 Å². The summed E-state index contributed by atoms with van der Waals surface area (Å²) in [5, 5.41) is 5.40. The van der Waals surface area contributed by atoms with Crippen LogP contribution in [0.4, 0.5) is 16.2 Å². The third kappa shape index (κ3) is 3.60. The molecule has 0 bridgehead atoms. The summed E-state index contributed by atoms with van der Waals surface area (Å²) in [7, 11) is 0. The van der Waals surface area contributed by atoms with Crippen LogP contribution in [0.3, 0.4) is 0 Å². The standard InChI is InChI=1S/C16H17N3O2/c1-10-7-8-11(2)14(9-10)19-16(21)18-13-6-4-3-5-12(13)15(17)20/h3-9H,1-2H3,(H2,17,20)(H2,18,19,21). The molecule has 5 heteroatoms. The first-order chi connectivity index (χ1) is 9.97. The molecule has 0 saturated carbocycles. The Labute approximate surface area is 123 Å². The van der Waals surface area contributed by atoms with Crippen molar-refractivity contribution in [3.63, 3.8) is 0 Å². The van der Waals surface area contributed by atoms with Crippen molar-refractivity contribution in [1.82, 2.24) is 0 Å². The van der Waals surface area contributed by atoms with Gasteiger partial charge in [0.15, 0.2) is 0 Å². The third-order valence-electron chi connectivity index (χ3n) is 3.08. The van der Waals surface area contributed by atoms with E-state index in [1.165, 1.54) is 0 Å². The second-order valence-corrected chi connectivity index (χ2v) is 4.81. The number of carbonyl (C=O) groups is 2. The molecule has 4 N–H and O–H groups in total. The summed E-state index contributed by atoms with van der Waals surface area (Å²) >= 11 is 0. The summed E-state index contributed by atoms with van der Waals surface area (Å²) in [5.41, 5.74) is 8.66. The highest BCUT2D eigenvalue weighted by atomic mass is 16.2. The quantitative estimate of drug-likeness (QED) is 0.808. The molecular weight excluding hydrogens is 266 g/mol. The van der Waals surface area contributed by atoms with E-state index < -0.39 is 11.9 Å². The lowest BCUT2D eigenvalue weighted by atomic mass is 10.1. The smallest absolute Gasteiger partial charge is 0.323 e. The Morgan fingerprint density at radius 3 is 2.33 bits per heavy atom. The van der Waals surface area contributed by atoms with E-state index >= 15 is 0 Å². The van der Waals surface area contributed by atoms with Crippen LogP contribution in [0, 0.1) is 13.8 Å². The van der Waals surface area contributed by atoms with Gasteiger partial charge in [0.2, 0.25) is 0 Å². The maximum atomic E-state index is 12.0. The molecule has 0 saturated heterocycles. The molecule has 0 atom stereocenters. The first-order valence-electron chi connectivity index (χ1n) is 6.51. The van der Waals surface area contributed by atoms with Gasteiger partial charge in [-0.05, 0) is 43.2 Å². The summed E-state index contributed by atoms with van der Waals surface area (Å²) in [4.78, 5) is 23.4. The van der Waals surface area contributed by atoms with Crippen molar-refractivity contribution in [3.05, 3.63) is 59.2 Å². The summed E-state index contributed by atoms with van der Waals surface area (Å²) in [6.07, 6.45) is 0. The first kappa shape index (κ1) is 14.6. The zero-order valence-corrected chi connectivity index (χ0v) is 11.9. The van der Waals surface area contributed by atoms with E-state index in [2.05, 4.69) is 10.6 Å². The Morgan fingerprint density at radius 2 is 1.62 bits per heavy atom. The van der Waals surface area contributed by atoms with Gasteiger partial charge in [-0.2, -0.15) is 0 Å². The van der Waals surface area contributed by atoms with E-state index in [-0.39, 0.29) is 5.56 Å². The van der Waals surface area contributed by atoms with Crippen molar-refractivity contribution >= 4 is 23.3 Å². The van der Waals surface area contributed by atoms with Crippen molar-refractivity contribution in [2.45, 2.75) is 13.8 Å². The van der Waals surface area contributed by atoms with E-state index in [9.17, 15) is 9.59 Å². The lowest BCUT2D eigenvalue weighted by molar-refractivity contribution is 0.100. The average Bonchev–Trinajstić information content (AvgIpc) is 2.43. The molecule has 0 spiro atoms. The van der Waals surface area contributed by atoms with Crippen LogP contribution in [0.15, 0.2) is 42.5 Å². The first-order valence-corrected chi connectivity index (χ1v) is 6.51. The predicted molar refractivity (Wildman–Crippen MR) is 83.5 cm³/mol. The van der Waals surface area contributed by atoms with Crippen LogP contribution < -0.4 is 16.4 Å². The third-order valence-corrected chi connectivity index (χ3v) is 3.08. The van der Waals surface area contributed by atoms with Gasteiger partial charge in [0.05, 0.1) is 11.3 Å². The predicted octanol–water partition coefficient (Wildman–Crippen LogP) is 3.05. The second-order valence-electron chi connectivity index (χ2n) is 4.81. The van der Waals surface area contributed by atoms with Gasteiger partial charge in [-0.1, -0.05) is 24.3 Å². The Balaban J connectivity index is 2.16. The number of nitrogens with one attached hydrogen (secondary N) is 2. The van der Waals surface area contributed by atoms with Gasteiger partial charge in [0.1, 0.15) is 0 Å². The number of rotatable bonds is 3. The number of aryl methyl sites for hydroxylation is 2. The fourth-order valence-corrected chi connectivity index (χ4v) is 1.95. The minimum absolute atomic E-state index is 0.272. The lowest BCUT2D eigenvalue weighted by Gasteiger charge is -2.12. The number of primary amides is 1. The monoisotopic (exact) mass is 283 g/mol. The largest absolute Gasteiger partial charge is 0.366 e. The second kappa shape index (κ2) is 6.09. The highest BCUT2D eigenvalue weighted by Gasteiger charge is 2.11. The Bertz CT molecular complexity index is 696. The van der Waals surface area contributed by atoms with Gasteiger partial charge in [-0.25, -0.2) is 4.79 Å². The normalized spacial score (nSPS) is 10.0. The highest BCUT2D eigenvalue weighted by Crippen LogP contribution is 2.18. The maximum absolute atomic E-state index is 12.0. The molecule has 0 heterocycles. The number of urea groups is 1. The van der Waals surface area contributed by atoms with Gasteiger partial charge in [0, 0.05) is 5.69 Å². The molecule has 108 valence electrons. The molecule has 3 amide bonds. The highest BCUT2D eigenvalue weighted by molar-refractivity contribution is 6.06. The van der Waals surface area contributed by atoms with Crippen molar-refractivity contribution in [2.24, 2.45) is 5.73 Å². The van der Waals surface area contributed by atoms with Gasteiger partial charge >= 0.3 is 6.03 Å². The minimum Gasteiger partial charge on any atom is -0.366 e. The van der Waals surface area contributed by atoms with Crippen LogP contribution in [0.5, 0.6) is 0 Å². The summed E-state index contributed by atoms with van der Waals surface area (Å²) in [6, 6.07) is 12.0. The zero-order valence-electron chi connectivity index (χ0n) is 11.9. The van der Waals surface area contributed by atoms with Crippen molar-refractivity contribution in [1.29, 1.82) is 0 Å². The van der Waals surface area contributed by atoms with Crippen molar-refractivity contribution in [2.75, 3.05) is 10.6 Å². The Hall–Kier alpha value is -2.82. The van der Waals surface area contributed by atoms with E-state index in [4.69, 9.17) is 5.73 Å². The van der Waals surface area contributed by atoms with Gasteiger partial charge in [-0.3, -0.25) is 4.79 Å². The van der Waals surface area contributed by atoms with Crippen LogP contribution in [0.2, 0.25) is 0 Å². The molecule has 0 aromatic heterocycles. The van der Waals surface area contributed by atoms with E-state index in [1.807, 2.05) is 32.0 Å².